The highest BCUT2D eigenvalue weighted by Crippen LogP contribution is 2.53. The lowest BCUT2D eigenvalue weighted by molar-refractivity contribution is 0.0481. The van der Waals surface area contributed by atoms with Crippen LogP contribution in [0.5, 0.6) is 0 Å². The predicted octanol–water partition coefficient (Wildman–Crippen LogP) is 8.63. The fourth-order valence-corrected chi connectivity index (χ4v) is 8.88. The van der Waals surface area contributed by atoms with Crippen molar-refractivity contribution < 1.29 is 13.3 Å². The summed E-state index contributed by atoms with van der Waals surface area (Å²) < 4.78 is 48.1. The zero-order valence-electron chi connectivity index (χ0n) is 25.0. The summed E-state index contributed by atoms with van der Waals surface area (Å²) in [6, 6.07) is 47.0. The third kappa shape index (κ3) is 4.89. The highest BCUT2D eigenvalue weighted by Gasteiger charge is 2.46. The lowest BCUT2D eigenvalue weighted by Crippen LogP contribution is -2.26. The summed E-state index contributed by atoms with van der Waals surface area (Å²) in [5, 5.41) is 1.54. The van der Waals surface area contributed by atoms with Crippen LogP contribution in [0.4, 0.5) is 8.78 Å². The van der Waals surface area contributed by atoms with E-state index in [4.69, 9.17) is 15.0 Å². The monoisotopic (exact) mass is 633 g/mol. The van der Waals surface area contributed by atoms with Gasteiger partial charge in [0.15, 0.2) is 24.6 Å². The van der Waals surface area contributed by atoms with Crippen LogP contribution in [0.1, 0.15) is 11.1 Å². The number of alkyl halides is 2. The van der Waals surface area contributed by atoms with Crippen LogP contribution in [0.15, 0.2) is 158 Å². The maximum atomic E-state index is 16.5. The van der Waals surface area contributed by atoms with Crippen molar-refractivity contribution in [3.8, 4) is 45.3 Å². The first-order valence-corrected chi connectivity index (χ1v) is 16.9. The molecule has 0 saturated carbocycles. The van der Waals surface area contributed by atoms with Gasteiger partial charge in [0, 0.05) is 43.7 Å². The Bertz CT molecular complexity index is 2200. The molecule has 1 aromatic heterocycles. The Balaban J connectivity index is 1.25. The quantitative estimate of drug-likeness (QED) is 0.172. The van der Waals surface area contributed by atoms with E-state index in [1.54, 1.807) is 48.5 Å². The maximum absolute atomic E-state index is 16.5. The Morgan fingerprint density at radius 1 is 0.426 bits per heavy atom. The van der Waals surface area contributed by atoms with Gasteiger partial charge in [-0.05, 0) is 23.3 Å². The number of halogens is 2. The minimum atomic E-state index is -3.45. The van der Waals surface area contributed by atoms with E-state index < -0.39 is 13.1 Å². The molecule has 8 rings (SSSR count). The van der Waals surface area contributed by atoms with Gasteiger partial charge in [-0.1, -0.05) is 146 Å². The molecule has 1 aliphatic carbocycles. The molecule has 0 N–H and O–H groups in total. The standard InChI is InChI=1S/C40H26F2N3OP/c41-40(42)35-25-29(39-44-37(27-13-5-1-6-14-27)43-38(45-39)28-15-7-2-8-16-28)21-23-33(35)34-24-22-32(26-36(34)40)47(46,30-17-9-3-10-18-30)31-19-11-4-12-20-31/h1-26H. The Kier molecular flexibility index (Phi) is 6.96. The van der Waals surface area contributed by atoms with Crippen LogP contribution in [-0.2, 0) is 10.5 Å². The van der Waals surface area contributed by atoms with Crippen molar-refractivity contribution in [2.24, 2.45) is 0 Å². The van der Waals surface area contributed by atoms with Gasteiger partial charge in [0.1, 0.15) is 0 Å². The number of rotatable bonds is 6. The molecule has 1 heterocycles. The highest BCUT2D eigenvalue weighted by molar-refractivity contribution is 7.85. The van der Waals surface area contributed by atoms with Crippen LogP contribution in [0.3, 0.4) is 0 Å². The third-order valence-electron chi connectivity index (χ3n) is 8.55. The van der Waals surface area contributed by atoms with Gasteiger partial charge in [0.2, 0.25) is 0 Å². The van der Waals surface area contributed by atoms with Crippen LogP contribution < -0.4 is 15.9 Å². The molecule has 7 heteroatoms. The van der Waals surface area contributed by atoms with E-state index >= 15 is 8.78 Å². The van der Waals surface area contributed by atoms with Crippen molar-refractivity contribution >= 4 is 23.1 Å². The second-order valence-corrected chi connectivity index (χ2v) is 14.2. The zero-order chi connectivity index (χ0) is 32.0. The summed E-state index contributed by atoms with van der Waals surface area (Å²) in [7, 11) is -3.45. The third-order valence-corrected chi connectivity index (χ3v) is 11.6. The molecule has 226 valence electrons. The molecule has 47 heavy (non-hydrogen) atoms. The molecule has 0 fully saturated rings. The summed E-state index contributed by atoms with van der Waals surface area (Å²) in [5.74, 6) is -2.14. The van der Waals surface area contributed by atoms with E-state index in [1.165, 1.54) is 12.1 Å². The molecular formula is C40H26F2N3OP. The second-order valence-electron chi connectivity index (χ2n) is 11.4. The van der Waals surface area contributed by atoms with Crippen LogP contribution in [0, 0.1) is 0 Å². The van der Waals surface area contributed by atoms with Crippen molar-refractivity contribution in [2.75, 3.05) is 0 Å². The smallest absolute Gasteiger partial charge is 0.299 e. The highest BCUT2D eigenvalue weighted by atomic mass is 31.2. The summed E-state index contributed by atoms with van der Waals surface area (Å²) in [6.45, 7) is 0. The van der Waals surface area contributed by atoms with Crippen LogP contribution in [-0.4, -0.2) is 15.0 Å². The molecule has 0 unspecified atom stereocenters. The molecule has 0 amide bonds. The van der Waals surface area contributed by atoms with Crippen molar-refractivity contribution in [1.82, 2.24) is 15.0 Å². The largest absolute Gasteiger partial charge is 0.309 e. The van der Waals surface area contributed by atoms with Gasteiger partial charge in [0.25, 0.3) is 5.92 Å². The Morgan fingerprint density at radius 2 is 0.830 bits per heavy atom. The van der Waals surface area contributed by atoms with Crippen molar-refractivity contribution in [2.45, 2.75) is 5.92 Å². The molecule has 0 saturated heterocycles. The predicted molar refractivity (Wildman–Crippen MR) is 184 cm³/mol. The molecule has 0 aliphatic heterocycles. The van der Waals surface area contributed by atoms with Crippen molar-refractivity contribution in [3.05, 3.63) is 169 Å². The molecule has 1 aliphatic rings. The fraction of sp³-hybridized carbons (Fsp3) is 0.0250. The minimum Gasteiger partial charge on any atom is -0.309 e. The summed E-state index contributed by atoms with van der Waals surface area (Å²) in [5.41, 5.74) is 2.57. The number of nitrogens with zero attached hydrogens (tertiary/aromatic N) is 3. The van der Waals surface area contributed by atoms with E-state index in [1.807, 2.05) is 97.1 Å². The van der Waals surface area contributed by atoms with E-state index in [0.717, 1.165) is 11.1 Å². The lowest BCUT2D eigenvalue weighted by Gasteiger charge is -2.21. The van der Waals surface area contributed by atoms with E-state index in [0.29, 0.717) is 50.1 Å². The van der Waals surface area contributed by atoms with Crippen molar-refractivity contribution in [3.63, 3.8) is 0 Å². The van der Waals surface area contributed by atoms with Gasteiger partial charge in [-0.25, -0.2) is 15.0 Å². The van der Waals surface area contributed by atoms with Gasteiger partial charge in [-0.3, -0.25) is 0 Å². The summed E-state index contributed by atoms with van der Waals surface area (Å²) in [4.78, 5) is 14.2. The number of hydrogen-bond donors (Lipinski definition) is 0. The first-order chi connectivity index (χ1) is 22.9. The van der Waals surface area contributed by atoms with Crippen LogP contribution in [0.2, 0.25) is 0 Å². The Hall–Kier alpha value is -5.58. The van der Waals surface area contributed by atoms with E-state index in [2.05, 4.69) is 0 Å². The van der Waals surface area contributed by atoms with Crippen LogP contribution in [0.25, 0.3) is 45.3 Å². The molecular weight excluding hydrogens is 607 g/mol. The summed E-state index contributed by atoms with van der Waals surface area (Å²) in [6.07, 6.45) is 0. The van der Waals surface area contributed by atoms with Gasteiger partial charge in [-0.15, -0.1) is 0 Å². The molecule has 0 atom stereocenters. The topological polar surface area (TPSA) is 55.7 Å². The maximum Gasteiger partial charge on any atom is 0.299 e. The second kappa shape index (κ2) is 11.3. The number of hydrogen-bond acceptors (Lipinski definition) is 4. The van der Waals surface area contributed by atoms with Gasteiger partial charge in [-0.2, -0.15) is 8.78 Å². The number of benzene rings is 6. The molecule has 4 nitrogen and oxygen atoms in total. The first kappa shape index (κ1) is 28.9. The average Bonchev–Trinajstić information content (AvgIpc) is 3.37. The lowest BCUT2D eigenvalue weighted by atomic mass is 10.0. The minimum absolute atomic E-state index is 0.140. The van der Waals surface area contributed by atoms with Crippen molar-refractivity contribution in [1.29, 1.82) is 0 Å². The van der Waals surface area contributed by atoms with E-state index in [9.17, 15) is 4.57 Å². The summed E-state index contributed by atoms with van der Waals surface area (Å²) >= 11 is 0. The molecule has 0 bridgehead atoms. The van der Waals surface area contributed by atoms with Gasteiger partial charge < -0.3 is 4.57 Å². The number of aromatic nitrogens is 3. The van der Waals surface area contributed by atoms with Gasteiger partial charge >= 0.3 is 0 Å². The molecule has 0 spiro atoms. The SMILES string of the molecule is O=P(c1ccccc1)(c1ccccc1)c1ccc2c(c1)C(F)(F)c1cc(-c3nc(-c4ccccc4)nc(-c4ccccc4)n3)ccc1-2. The molecule has 7 aromatic rings. The Morgan fingerprint density at radius 3 is 1.32 bits per heavy atom. The zero-order valence-corrected chi connectivity index (χ0v) is 25.9. The van der Waals surface area contributed by atoms with Gasteiger partial charge in [0.05, 0.1) is 0 Å². The number of fused-ring (bicyclic) bond motifs is 3. The molecule has 6 aromatic carbocycles. The average molecular weight is 634 g/mol. The Labute approximate surface area is 270 Å². The first-order valence-electron chi connectivity index (χ1n) is 15.2. The fourth-order valence-electron chi connectivity index (χ4n) is 6.21. The molecule has 0 radical (unpaired) electrons. The van der Waals surface area contributed by atoms with E-state index in [-0.39, 0.29) is 11.1 Å². The normalized spacial score (nSPS) is 13.1. The van der Waals surface area contributed by atoms with Crippen LogP contribution >= 0.6 is 7.14 Å².